The maximum atomic E-state index is 12.1. The largest absolute Gasteiger partial charge is 0.462 e. The van der Waals surface area contributed by atoms with Crippen molar-refractivity contribution < 1.29 is 9.53 Å². The lowest BCUT2D eigenvalue weighted by Gasteiger charge is -2.30. The second-order valence-electron chi connectivity index (χ2n) is 6.28. The molecule has 0 saturated heterocycles. The summed E-state index contributed by atoms with van der Waals surface area (Å²) in [7, 11) is 0. The number of hydrogen-bond acceptors (Lipinski definition) is 3. The topological polar surface area (TPSA) is 52.3 Å². The van der Waals surface area contributed by atoms with Gasteiger partial charge in [0.2, 0.25) is 0 Å². The number of carbonyl (C=O) groups is 1. The van der Waals surface area contributed by atoms with E-state index in [0.29, 0.717) is 11.8 Å². The van der Waals surface area contributed by atoms with Gasteiger partial charge in [0.25, 0.3) is 0 Å². The van der Waals surface area contributed by atoms with E-state index in [1.807, 2.05) is 0 Å². The Morgan fingerprint density at radius 1 is 1.17 bits per heavy atom. The summed E-state index contributed by atoms with van der Waals surface area (Å²) in [5.41, 5.74) is 5.67. The van der Waals surface area contributed by atoms with Crippen molar-refractivity contribution >= 4 is 5.97 Å². The highest BCUT2D eigenvalue weighted by Crippen LogP contribution is 2.31. The van der Waals surface area contributed by atoms with Crippen molar-refractivity contribution in [3.63, 3.8) is 0 Å². The van der Waals surface area contributed by atoms with Crippen molar-refractivity contribution in [2.75, 3.05) is 6.54 Å². The Kier molecular flexibility index (Phi) is 5.04. The van der Waals surface area contributed by atoms with Crippen LogP contribution in [0.5, 0.6) is 0 Å². The summed E-state index contributed by atoms with van der Waals surface area (Å²) in [5.74, 6) is 1.54. The molecule has 2 saturated carbocycles. The number of carbonyl (C=O) groups excluding carboxylic acids is 1. The fourth-order valence-corrected chi connectivity index (χ4v) is 3.38. The van der Waals surface area contributed by atoms with E-state index in [0.717, 1.165) is 45.1 Å². The Balaban J connectivity index is 1.74. The lowest BCUT2D eigenvalue weighted by Crippen LogP contribution is -2.31. The van der Waals surface area contributed by atoms with E-state index in [-0.39, 0.29) is 18.0 Å². The van der Waals surface area contributed by atoms with E-state index in [2.05, 4.69) is 6.92 Å². The maximum absolute atomic E-state index is 12.1. The lowest BCUT2D eigenvalue weighted by atomic mass is 9.82. The Labute approximate surface area is 110 Å². The van der Waals surface area contributed by atoms with Crippen molar-refractivity contribution in [1.82, 2.24) is 0 Å². The van der Waals surface area contributed by atoms with Crippen LogP contribution in [0.1, 0.15) is 58.3 Å². The minimum atomic E-state index is 0.0598. The Hall–Kier alpha value is -0.570. The van der Waals surface area contributed by atoms with Gasteiger partial charge in [-0.1, -0.05) is 13.3 Å². The summed E-state index contributed by atoms with van der Waals surface area (Å²) in [5, 5.41) is 0. The van der Waals surface area contributed by atoms with Gasteiger partial charge in [0.05, 0.1) is 5.92 Å². The molecule has 0 heterocycles. The van der Waals surface area contributed by atoms with Gasteiger partial charge in [-0.05, 0) is 63.3 Å². The number of esters is 1. The zero-order valence-electron chi connectivity index (χ0n) is 11.6. The van der Waals surface area contributed by atoms with Crippen LogP contribution in [0, 0.1) is 17.8 Å². The zero-order chi connectivity index (χ0) is 13.0. The number of hydrogen-bond donors (Lipinski definition) is 1. The van der Waals surface area contributed by atoms with Gasteiger partial charge in [0, 0.05) is 0 Å². The third-order valence-electron chi connectivity index (χ3n) is 4.68. The SMILES string of the molecule is CC1CCCC(OC(=O)C2CCC(CN)CC2)C1. The van der Waals surface area contributed by atoms with E-state index < -0.39 is 0 Å². The number of nitrogens with two attached hydrogens (primary N) is 1. The first kappa shape index (κ1) is 13.9. The molecule has 3 heteroatoms. The molecule has 0 spiro atoms. The third kappa shape index (κ3) is 3.71. The summed E-state index contributed by atoms with van der Waals surface area (Å²) in [6.07, 6.45) is 8.95. The Morgan fingerprint density at radius 3 is 2.50 bits per heavy atom. The molecule has 3 nitrogen and oxygen atoms in total. The highest BCUT2D eigenvalue weighted by atomic mass is 16.5. The quantitative estimate of drug-likeness (QED) is 0.787. The first-order valence-electron chi connectivity index (χ1n) is 7.59. The third-order valence-corrected chi connectivity index (χ3v) is 4.68. The molecule has 0 aromatic heterocycles. The monoisotopic (exact) mass is 253 g/mol. The van der Waals surface area contributed by atoms with Gasteiger partial charge in [0.15, 0.2) is 0 Å². The molecule has 2 fully saturated rings. The second kappa shape index (κ2) is 6.55. The molecule has 2 atom stereocenters. The molecule has 2 unspecified atom stereocenters. The fourth-order valence-electron chi connectivity index (χ4n) is 3.38. The molecular formula is C15H27NO2. The van der Waals surface area contributed by atoms with Crippen LogP contribution < -0.4 is 5.73 Å². The molecule has 0 aliphatic heterocycles. The highest BCUT2D eigenvalue weighted by molar-refractivity contribution is 5.72. The molecule has 18 heavy (non-hydrogen) atoms. The molecule has 0 amide bonds. The molecular weight excluding hydrogens is 226 g/mol. The van der Waals surface area contributed by atoms with Crippen LogP contribution in [-0.4, -0.2) is 18.6 Å². The van der Waals surface area contributed by atoms with Crippen LogP contribution >= 0.6 is 0 Å². The first-order valence-corrected chi connectivity index (χ1v) is 7.59. The molecule has 0 radical (unpaired) electrons. The maximum Gasteiger partial charge on any atom is 0.309 e. The Morgan fingerprint density at radius 2 is 1.89 bits per heavy atom. The van der Waals surface area contributed by atoms with Crippen LogP contribution in [0.15, 0.2) is 0 Å². The van der Waals surface area contributed by atoms with Crippen LogP contribution in [0.4, 0.5) is 0 Å². The molecule has 0 bridgehead atoms. The number of rotatable bonds is 3. The standard InChI is InChI=1S/C15H27NO2/c1-11-3-2-4-14(9-11)18-15(17)13-7-5-12(10-16)6-8-13/h11-14H,2-10,16H2,1H3. The lowest BCUT2D eigenvalue weighted by molar-refractivity contribution is -0.157. The minimum Gasteiger partial charge on any atom is -0.462 e. The molecule has 0 aromatic carbocycles. The van der Waals surface area contributed by atoms with Crippen molar-refractivity contribution in [1.29, 1.82) is 0 Å². The normalized spacial score (nSPS) is 37.2. The highest BCUT2D eigenvalue weighted by Gasteiger charge is 2.29. The molecule has 2 aliphatic carbocycles. The molecule has 104 valence electrons. The van der Waals surface area contributed by atoms with Crippen molar-refractivity contribution in [2.24, 2.45) is 23.5 Å². The average molecular weight is 253 g/mol. The molecule has 0 aromatic rings. The summed E-state index contributed by atoms with van der Waals surface area (Å²) in [6.45, 7) is 3.02. The van der Waals surface area contributed by atoms with Gasteiger partial charge in [-0.2, -0.15) is 0 Å². The van der Waals surface area contributed by atoms with Gasteiger partial charge in [0.1, 0.15) is 6.10 Å². The van der Waals surface area contributed by atoms with E-state index >= 15 is 0 Å². The zero-order valence-corrected chi connectivity index (χ0v) is 11.6. The molecule has 2 rings (SSSR count). The van der Waals surface area contributed by atoms with E-state index in [4.69, 9.17) is 10.5 Å². The van der Waals surface area contributed by atoms with Gasteiger partial charge >= 0.3 is 5.97 Å². The van der Waals surface area contributed by atoms with E-state index in [1.54, 1.807) is 0 Å². The Bertz CT molecular complexity index is 272. The van der Waals surface area contributed by atoms with Gasteiger partial charge in [-0.25, -0.2) is 0 Å². The van der Waals surface area contributed by atoms with Crippen LogP contribution in [0.3, 0.4) is 0 Å². The average Bonchev–Trinajstić information content (AvgIpc) is 2.39. The van der Waals surface area contributed by atoms with Gasteiger partial charge in [-0.15, -0.1) is 0 Å². The van der Waals surface area contributed by atoms with Crippen LogP contribution in [0.2, 0.25) is 0 Å². The van der Waals surface area contributed by atoms with Crippen LogP contribution in [-0.2, 0) is 9.53 Å². The predicted octanol–water partition coefficient (Wildman–Crippen LogP) is 2.87. The van der Waals surface area contributed by atoms with Crippen molar-refractivity contribution in [2.45, 2.75) is 64.4 Å². The molecule has 2 N–H and O–H groups in total. The van der Waals surface area contributed by atoms with Crippen LogP contribution in [0.25, 0.3) is 0 Å². The summed E-state index contributed by atoms with van der Waals surface area (Å²) in [6, 6.07) is 0. The summed E-state index contributed by atoms with van der Waals surface area (Å²) >= 11 is 0. The minimum absolute atomic E-state index is 0.0598. The van der Waals surface area contributed by atoms with Gasteiger partial charge in [-0.3, -0.25) is 4.79 Å². The molecule has 2 aliphatic rings. The van der Waals surface area contributed by atoms with Crippen molar-refractivity contribution in [3.8, 4) is 0 Å². The smallest absolute Gasteiger partial charge is 0.309 e. The van der Waals surface area contributed by atoms with E-state index in [1.165, 1.54) is 12.8 Å². The summed E-state index contributed by atoms with van der Waals surface area (Å²) in [4.78, 5) is 12.1. The number of ether oxygens (including phenoxy) is 1. The summed E-state index contributed by atoms with van der Waals surface area (Å²) < 4.78 is 5.70. The van der Waals surface area contributed by atoms with E-state index in [9.17, 15) is 4.79 Å². The van der Waals surface area contributed by atoms with Crippen molar-refractivity contribution in [3.05, 3.63) is 0 Å². The fraction of sp³-hybridized carbons (Fsp3) is 0.933. The first-order chi connectivity index (χ1) is 8.69. The second-order valence-corrected chi connectivity index (χ2v) is 6.28. The predicted molar refractivity (Wildman–Crippen MR) is 72.0 cm³/mol. The van der Waals surface area contributed by atoms with Gasteiger partial charge < -0.3 is 10.5 Å².